The van der Waals surface area contributed by atoms with Crippen molar-refractivity contribution in [1.82, 2.24) is 4.98 Å². The van der Waals surface area contributed by atoms with E-state index in [0.29, 0.717) is 15.7 Å². The third kappa shape index (κ3) is 2.45. The van der Waals surface area contributed by atoms with Crippen molar-refractivity contribution in [2.75, 3.05) is 11.9 Å². The van der Waals surface area contributed by atoms with E-state index in [0.717, 1.165) is 0 Å². The van der Waals surface area contributed by atoms with E-state index in [2.05, 4.69) is 4.98 Å². The van der Waals surface area contributed by atoms with E-state index >= 15 is 0 Å². The normalized spacial score (nSPS) is 12.3. The van der Waals surface area contributed by atoms with Crippen LogP contribution in [0.2, 0.25) is 0 Å². The maximum Gasteiger partial charge on any atom is 0.245 e. The predicted octanol–water partition coefficient (Wildman–Crippen LogP) is 0.964. The molecule has 0 aliphatic rings. The van der Waals surface area contributed by atoms with E-state index in [1.54, 1.807) is 20.9 Å². The third-order valence-corrected chi connectivity index (χ3v) is 3.45. The first-order valence-corrected chi connectivity index (χ1v) is 5.67. The number of hydrogen-bond donors (Lipinski definition) is 1. The molecule has 2 N–H and O–H groups in total. The molecular weight excluding hydrogens is 226 g/mol. The second kappa shape index (κ2) is 4.71. The molecule has 0 aliphatic carbocycles. The van der Waals surface area contributed by atoms with Gasteiger partial charge < -0.3 is 5.73 Å². The zero-order valence-electron chi connectivity index (χ0n) is 9.77. The number of Topliss-reactive ketones (excluding diaryl/α,β-unsaturated/α-hetero) is 1. The molecule has 1 unspecified atom stereocenters. The van der Waals surface area contributed by atoms with Gasteiger partial charge in [0.25, 0.3) is 0 Å². The predicted molar refractivity (Wildman–Crippen MR) is 63.9 cm³/mol. The summed E-state index contributed by atoms with van der Waals surface area (Å²) in [6, 6.07) is -0.574. The summed E-state index contributed by atoms with van der Waals surface area (Å²) in [6.07, 6.45) is 0. The lowest BCUT2D eigenvalue weighted by Crippen LogP contribution is -2.39. The van der Waals surface area contributed by atoms with Gasteiger partial charge in [-0.2, -0.15) is 0 Å². The van der Waals surface area contributed by atoms with Gasteiger partial charge in [0.1, 0.15) is 0 Å². The molecule has 0 bridgehead atoms. The van der Waals surface area contributed by atoms with Crippen molar-refractivity contribution < 1.29 is 9.59 Å². The summed E-state index contributed by atoms with van der Waals surface area (Å²) in [4.78, 5) is 29.0. The van der Waals surface area contributed by atoms with E-state index < -0.39 is 6.04 Å². The topological polar surface area (TPSA) is 76.3 Å². The molecule has 0 aromatic carbocycles. The Kier molecular flexibility index (Phi) is 3.77. The lowest BCUT2D eigenvalue weighted by atomic mass is 10.3. The van der Waals surface area contributed by atoms with E-state index in [1.807, 2.05) is 0 Å². The van der Waals surface area contributed by atoms with Crippen molar-refractivity contribution in [3.8, 4) is 0 Å². The fraction of sp³-hybridized carbons (Fsp3) is 0.500. The maximum atomic E-state index is 11.6. The summed E-state index contributed by atoms with van der Waals surface area (Å²) in [7, 11) is 1.61. The summed E-state index contributed by atoms with van der Waals surface area (Å²) in [6.45, 7) is 4.85. The number of thiazole rings is 1. The Balaban J connectivity index is 3.02. The monoisotopic (exact) mass is 241 g/mol. The molecule has 6 heteroatoms. The first kappa shape index (κ1) is 12.8. The number of nitrogens with zero attached hydrogens (tertiary/aromatic N) is 2. The number of nitrogens with two attached hydrogens (primary N) is 1. The van der Waals surface area contributed by atoms with Gasteiger partial charge in [0.2, 0.25) is 5.91 Å². The van der Waals surface area contributed by atoms with E-state index in [1.165, 1.54) is 23.2 Å². The molecule has 0 radical (unpaired) electrons. The van der Waals surface area contributed by atoms with Crippen molar-refractivity contribution in [2.45, 2.75) is 26.8 Å². The number of rotatable bonds is 3. The standard InChI is InChI=1S/C10H15N3O2S/c1-5(11)9(15)13(4)10-12-6(2)8(16-10)7(3)14/h5H,11H2,1-4H3. The SMILES string of the molecule is CC(=O)c1sc(N(C)C(=O)C(C)N)nc1C. The molecule has 0 fully saturated rings. The molecule has 5 nitrogen and oxygen atoms in total. The third-order valence-electron chi connectivity index (χ3n) is 2.11. The summed E-state index contributed by atoms with van der Waals surface area (Å²) in [5.74, 6) is -0.258. The molecule has 88 valence electrons. The van der Waals surface area contributed by atoms with Gasteiger partial charge in [-0.1, -0.05) is 11.3 Å². The average molecular weight is 241 g/mol. The van der Waals surface area contributed by atoms with Crippen LogP contribution < -0.4 is 10.6 Å². The van der Waals surface area contributed by atoms with Crippen LogP contribution in [-0.2, 0) is 4.79 Å². The van der Waals surface area contributed by atoms with Gasteiger partial charge in [0, 0.05) is 14.0 Å². The van der Waals surface area contributed by atoms with Gasteiger partial charge in [-0.3, -0.25) is 14.5 Å². The number of aryl methyl sites for hydroxylation is 1. The lowest BCUT2D eigenvalue weighted by molar-refractivity contribution is -0.119. The Hall–Kier alpha value is -1.27. The van der Waals surface area contributed by atoms with Crippen LogP contribution in [0.5, 0.6) is 0 Å². The van der Waals surface area contributed by atoms with Gasteiger partial charge >= 0.3 is 0 Å². The van der Waals surface area contributed by atoms with Crippen molar-refractivity contribution in [3.05, 3.63) is 10.6 Å². The summed E-state index contributed by atoms with van der Waals surface area (Å²) < 4.78 is 0. The van der Waals surface area contributed by atoms with Crippen LogP contribution in [0, 0.1) is 6.92 Å². The zero-order chi connectivity index (χ0) is 12.5. The van der Waals surface area contributed by atoms with Crippen molar-refractivity contribution in [1.29, 1.82) is 0 Å². The second-order valence-electron chi connectivity index (χ2n) is 3.65. The molecular formula is C10H15N3O2S. The maximum absolute atomic E-state index is 11.6. The lowest BCUT2D eigenvalue weighted by Gasteiger charge is -2.15. The van der Waals surface area contributed by atoms with Crippen LogP contribution in [0.1, 0.15) is 29.2 Å². The van der Waals surface area contributed by atoms with Gasteiger partial charge in [-0.05, 0) is 13.8 Å². The molecule has 0 saturated carbocycles. The smallest absolute Gasteiger partial charge is 0.245 e. The summed E-state index contributed by atoms with van der Waals surface area (Å²) in [5.41, 5.74) is 6.15. The number of amides is 1. The average Bonchev–Trinajstić information content (AvgIpc) is 2.58. The number of anilines is 1. The Morgan fingerprint density at radius 2 is 2.06 bits per heavy atom. The first-order valence-electron chi connectivity index (χ1n) is 4.86. The zero-order valence-corrected chi connectivity index (χ0v) is 10.6. The number of carbonyl (C=O) groups is 2. The molecule has 0 spiro atoms. The minimum Gasteiger partial charge on any atom is -0.320 e. The first-order chi connectivity index (χ1) is 7.34. The van der Waals surface area contributed by atoms with E-state index in [9.17, 15) is 9.59 Å². The molecule has 0 aliphatic heterocycles. The second-order valence-corrected chi connectivity index (χ2v) is 4.63. The van der Waals surface area contributed by atoms with Crippen molar-refractivity contribution in [2.24, 2.45) is 5.73 Å². The highest BCUT2D eigenvalue weighted by Crippen LogP contribution is 2.25. The number of hydrogen-bond acceptors (Lipinski definition) is 5. The minimum absolute atomic E-state index is 0.0390. The van der Waals surface area contributed by atoms with E-state index in [4.69, 9.17) is 5.73 Å². The molecule has 1 amide bonds. The Morgan fingerprint density at radius 1 is 1.50 bits per heavy atom. The number of aromatic nitrogens is 1. The molecule has 0 saturated heterocycles. The van der Waals surface area contributed by atoms with Crippen LogP contribution in [0.4, 0.5) is 5.13 Å². The minimum atomic E-state index is -0.574. The van der Waals surface area contributed by atoms with Crippen LogP contribution >= 0.6 is 11.3 Å². The van der Waals surface area contributed by atoms with Crippen LogP contribution in [0.25, 0.3) is 0 Å². The van der Waals surface area contributed by atoms with E-state index in [-0.39, 0.29) is 11.7 Å². The molecule has 1 atom stereocenters. The summed E-state index contributed by atoms with van der Waals surface area (Å²) >= 11 is 1.21. The molecule has 1 heterocycles. The largest absolute Gasteiger partial charge is 0.320 e. The Labute approximate surface area is 98.3 Å². The highest BCUT2D eigenvalue weighted by molar-refractivity contribution is 7.17. The molecule has 1 aromatic heterocycles. The fourth-order valence-corrected chi connectivity index (χ4v) is 2.18. The van der Waals surface area contributed by atoms with Crippen LogP contribution in [0.3, 0.4) is 0 Å². The highest BCUT2D eigenvalue weighted by atomic mass is 32.1. The van der Waals surface area contributed by atoms with Gasteiger partial charge in [-0.25, -0.2) is 4.98 Å². The van der Waals surface area contributed by atoms with Gasteiger partial charge in [0.05, 0.1) is 16.6 Å². The van der Waals surface area contributed by atoms with Crippen LogP contribution in [0.15, 0.2) is 0 Å². The molecule has 1 aromatic rings. The molecule has 16 heavy (non-hydrogen) atoms. The highest BCUT2D eigenvalue weighted by Gasteiger charge is 2.20. The van der Waals surface area contributed by atoms with Crippen molar-refractivity contribution in [3.63, 3.8) is 0 Å². The number of carbonyl (C=O) groups excluding carboxylic acids is 2. The summed E-state index contributed by atoms with van der Waals surface area (Å²) in [5, 5.41) is 0.505. The quantitative estimate of drug-likeness (QED) is 0.800. The number of likely N-dealkylation sites (N-methyl/N-ethyl adjacent to an activating group) is 1. The van der Waals surface area contributed by atoms with Gasteiger partial charge in [-0.15, -0.1) is 0 Å². The van der Waals surface area contributed by atoms with Crippen molar-refractivity contribution >= 4 is 28.2 Å². The fourth-order valence-electron chi connectivity index (χ4n) is 1.25. The Bertz CT molecular complexity index is 426. The number of ketones is 1. The Morgan fingerprint density at radius 3 is 2.44 bits per heavy atom. The molecule has 1 rings (SSSR count). The van der Waals surface area contributed by atoms with Crippen LogP contribution in [-0.4, -0.2) is 29.8 Å². The van der Waals surface area contributed by atoms with Gasteiger partial charge in [0.15, 0.2) is 10.9 Å².